The topological polar surface area (TPSA) is 111 Å². The van der Waals surface area contributed by atoms with Crippen LogP contribution >= 0.6 is 15.9 Å². The van der Waals surface area contributed by atoms with Crippen molar-refractivity contribution in [2.75, 3.05) is 11.1 Å². The molecule has 0 fully saturated rings. The van der Waals surface area contributed by atoms with Crippen molar-refractivity contribution >= 4 is 39.0 Å². The molecule has 0 atom stereocenters. The molecule has 1 aromatic carbocycles. The number of carbonyl (C=O) groups excluding carboxylic acids is 1. The molecule has 3 N–H and O–H groups in total. The molecule has 0 aliphatic heterocycles. The van der Waals surface area contributed by atoms with Crippen LogP contribution < -0.4 is 11.1 Å². The number of nitrogens with one attached hydrogen (secondary N) is 1. The lowest BCUT2D eigenvalue weighted by molar-refractivity contribution is -0.385. The van der Waals surface area contributed by atoms with Gasteiger partial charge in [0, 0.05) is 16.2 Å². The number of halogens is 1. The first kappa shape index (κ1) is 14.9. The molecule has 108 valence electrons. The van der Waals surface area contributed by atoms with E-state index in [1.807, 2.05) is 13.0 Å². The molecule has 2 aromatic rings. The summed E-state index contributed by atoms with van der Waals surface area (Å²) in [7, 11) is 0. The summed E-state index contributed by atoms with van der Waals surface area (Å²) in [5.74, 6) is -0.609. The van der Waals surface area contributed by atoms with E-state index in [-0.39, 0.29) is 17.1 Å². The quantitative estimate of drug-likeness (QED) is 0.652. The largest absolute Gasteiger partial charge is 0.383 e. The van der Waals surface area contributed by atoms with Crippen LogP contribution in [0.3, 0.4) is 0 Å². The average Bonchev–Trinajstić information content (AvgIpc) is 2.42. The second kappa shape index (κ2) is 5.88. The minimum Gasteiger partial charge on any atom is -0.383 e. The number of amides is 1. The van der Waals surface area contributed by atoms with Crippen molar-refractivity contribution in [2.45, 2.75) is 6.92 Å². The monoisotopic (exact) mass is 350 g/mol. The van der Waals surface area contributed by atoms with Gasteiger partial charge in [-0.25, -0.2) is 4.98 Å². The zero-order valence-corrected chi connectivity index (χ0v) is 12.5. The fraction of sp³-hybridized carbons (Fsp3) is 0.0769. The van der Waals surface area contributed by atoms with Crippen LogP contribution in [-0.2, 0) is 0 Å². The smallest absolute Gasteiger partial charge is 0.288 e. The molecule has 0 bridgehead atoms. The van der Waals surface area contributed by atoms with Gasteiger partial charge < -0.3 is 11.1 Å². The van der Waals surface area contributed by atoms with Crippen molar-refractivity contribution in [1.29, 1.82) is 0 Å². The summed E-state index contributed by atoms with van der Waals surface area (Å²) < 4.78 is 0.884. The van der Waals surface area contributed by atoms with Crippen molar-refractivity contribution < 1.29 is 9.72 Å². The van der Waals surface area contributed by atoms with Gasteiger partial charge in [0.2, 0.25) is 0 Å². The highest BCUT2D eigenvalue weighted by Crippen LogP contribution is 2.22. The number of nitrogens with two attached hydrogens (primary N) is 1. The van der Waals surface area contributed by atoms with Crippen LogP contribution in [0.4, 0.5) is 17.2 Å². The van der Waals surface area contributed by atoms with Gasteiger partial charge in [0.05, 0.1) is 10.5 Å². The predicted octanol–water partition coefficient (Wildman–Crippen LogP) is 2.90. The Bertz CT molecular complexity index is 733. The normalized spacial score (nSPS) is 10.2. The van der Waals surface area contributed by atoms with E-state index in [1.165, 1.54) is 0 Å². The number of nitro groups is 1. The maximum Gasteiger partial charge on any atom is 0.288 e. The summed E-state index contributed by atoms with van der Waals surface area (Å²) in [6.45, 7) is 1.83. The number of anilines is 2. The number of carbonyl (C=O) groups is 1. The molecule has 0 spiro atoms. The Kier molecular flexibility index (Phi) is 4.18. The van der Waals surface area contributed by atoms with Crippen LogP contribution in [0.2, 0.25) is 0 Å². The number of rotatable bonds is 3. The van der Waals surface area contributed by atoms with Gasteiger partial charge in [-0.1, -0.05) is 15.9 Å². The van der Waals surface area contributed by atoms with Gasteiger partial charge >= 0.3 is 0 Å². The number of aromatic nitrogens is 1. The summed E-state index contributed by atoms with van der Waals surface area (Å²) in [5.41, 5.74) is 6.71. The van der Waals surface area contributed by atoms with Crippen molar-refractivity contribution in [2.24, 2.45) is 0 Å². The van der Waals surface area contributed by atoms with Crippen molar-refractivity contribution in [1.82, 2.24) is 4.98 Å². The molecule has 21 heavy (non-hydrogen) atoms. The maximum atomic E-state index is 12.2. The average molecular weight is 351 g/mol. The predicted molar refractivity (Wildman–Crippen MR) is 82.1 cm³/mol. The molecule has 0 saturated carbocycles. The van der Waals surface area contributed by atoms with Crippen LogP contribution in [0.25, 0.3) is 0 Å². The first-order valence-corrected chi connectivity index (χ1v) is 6.65. The van der Waals surface area contributed by atoms with Gasteiger partial charge in [-0.3, -0.25) is 14.9 Å². The van der Waals surface area contributed by atoms with Crippen LogP contribution in [0, 0.1) is 17.0 Å². The molecule has 0 saturated heterocycles. The molecule has 1 amide bonds. The third-order valence-corrected chi connectivity index (χ3v) is 3.29. The number of nitrogens with zero attached hydrogens (tertiary/aromatic N) is 2. The molecular weight excluding hydrogens is 340 g/mol. The molecule has 0 aliphatic carbocycles. The van der Waals surface area contributed by atoms with E-state index in [0.717, 1.165) is 22.3 Å². The van der Waals surface area contributed by atoms with Crippen LogP contribution in [0.15, 0.2) is 34.9 Å². The Morgan fingerprint density at radius 1 is 1.43 bits per heavy atom. The molecule has 8 heteroatoms. The van der Waals surface area contributed by atoms with Crippen LogP contribution in [-0.4, -0.2) is 15.8 Å². The third-order valence-electron chi connectivity index (χ3n) is 2.80. The number of aryl methyl sites for hydroxylation is 1. The molecule has 1 aromatic heterocycles. The fourth-order valence-corrected chi connectivity index (χ4v) is 2.18. The first-order chi connectivity index (χ1) is 9.88. The van der Waals surface area contributed by atoms with E-state index < -0.39 is 10.8 Å². The van der Waals surface area contributed by atoms with Crippen LogP contribution in [0.1, 0.15) is 15.9 Å². The Morgan fingerprint density at radius 2 is 2.14 bits per heavy atom. The maximum absolute atomic E-state index is 12.2. The summed E-state index contributed by atoms with van der Waals surface area (Å²) >= 11 is 3.33. The molecule has 0 unspecified atom stereocenters. The Hall–Kier alpha value is -2.48. The number of hydrogen-bond acceptors (Lipinski definition) is 5. The summed E-state index contributed by atoms with van der Waals surface area (Å²) in [6.07, 6.45) is 1.01. The molecular formula is C13H11BrN4O3. The summed E-state index contributed by atoms with van der Waals surface area (Å²) in [4.78, 5) is 25.9. The number of benzene rings is 1. The lowest BCUT2D eigenvalue weighted by Gasteiger charge is -2.09. The fourth-order valence-electron chi connectivity index (χ4n) is 1.70. The highest BCUT2D eigenvalue weighted by atomic mass is 79.9. The molecule has 2 rings (SSSR count). The second-order valence-corrected chi connectivity index (χ2v) is 5.21. The Labute approximate surface area is 128 Å². The molecule has 0 aliphatic rings. The lowest BCUT2D eigenvalue weighted by atomic mass is 10.1. The molecule has 7 nitrogen and oxygen atoms in total. The standard InChI is InChI=1S/C13H11BrN4O3/c1-7-4-8(14)2-3-11(7)17-13(19)10-5-9(18(20)21)6-16-12(10)15/h2-6H,1H3,(H2,15,16)(H,17,19). The minimum atomic E-state index is -0.631. The SMILES string of the molecule is Cc1cc(Br)ccc1NC(=O)c1cc([N+](=O)[O-])cnc1N. The van der Waals surface area contributed by atoms with Crippen molar-refractivity contribution in [3.05, 3.63) is 56.2 Å². The minimum absolute atomic E-state index is 0.0356. The van der Waals surface area contributed by atoms with Gasteiger partial charge in [-0.05, 0) is 30.7 Å². The van der Waals surface area contributed by atoms with E-state index in [1.54, 1.807) is 12.1 Å². The van der Waals surface area contributed by atoms with Gasteiger partial charge in [0.1, 0.15) is 12.0 Å². The third kappa shape index (κ3) is 3.34. The zero-order chi connectivity index (χ0) is 15.6. The molecule has 1 heterocycles. The summed E-state index contributed by atoms with van der Waals surface area (Å²) in [6, 6.07) is 6.44. The van der Waals surface area contributed by atoms with E-state index in [9.17, 15) is 14.9 Å². The number of nitrogen functional groups attached to an aromatic ring is 1. The van der Waals surface area contributed by atoms with Gasteiger partial charge in [-0.2, -0.15) is 0 Å². The summed E-state index contributed by atoms with van der Waals surface area (Å²) in [5, 5.41) is 13.4. The van der Waals surface area contributed by atoms with Crippen molar-refractivity contribution in [3.8, 4) is 0 Å². The van der Waals surface area contributed by atoms with E-state index in [4.69, 9.17) is 5.73 Å². The highest BCUT2D eigenvalue weighted by Gasteiger charge is 2.17. The van der Waals surface area contributed by atoms with Crippen LogP contribution in [0.5, 0.6) is 0 Å². The van der Waals surface area contributed by atoms with Gasteiger partial charge in [0.15, 0.2) is 0 Å². The zero-order valence-electron chi connectivity index (χ0n) is 11.0. The molecule has 0 radical (unpaired) electrons. The lowest BCUT2D eigenvalue weighted by Crippen LogP contribution is -2.16. The van der Waals surface area contributed by atoms with E-state index >= 15 is 0 Å². The van der Waals surface area contributed by atoms with Gasteiger partial charge in [0.25, 0.3) is 11.6 Å². The highest BCUT2D eigenvalue weighted by molar-refractivity contribution is 9.10. The first-order valence-electron chi connectivity index (χ1n) is 5.86. The van der Waals surface area contributed by atoms with E-state index in [2.05, 4.69) is 26.2 Å². The van der Waals surface area contributed by atoms with E-state index in [0.29, 0.717) is 5.69 Å². The second-order valence-electron chi connectivity index (χ2n) is 4.30. The van der Waals surface area contributed by atoms with Gasteiger partial charge in [-0.15, -0.1) is 0 Å². The number of hydrogen-bond donors (Lipinski definition) is 2. The Balaban J connectivity index is 2.32. The Morgan fingerprint density at radius 3 is 2.76 bits per heavy atom. The van der Waals surface area contributed by atoms with Crippen molar-refractivity contribution in [3.63, 3.8) is 0 Å². The number of pyridine rings is 1.